The molecule has 0 spiro atoms. The van der Waals surface area contributed by atoms with Gasteiger partial charge in [-0.05, 0) is 12.1 Å². The van der Waals surface area contributed by atoms with Crippen molar-refractivity contribution in [3.8, 4) is 0 Å². The maximum atomic E-state index is 10.6. The van der Waals surface area contributed by atoms with E-state index in [1.54, 1.807) is 0 Å². The molecule has 0 saturated carbocycles. The summed E-state index contributed by atoms with van der Waals surface area (Å²) in [4.78, 5) is 20.5. The van der Waals surface area contributed by atoms with Crippen molar-refractivity contribution in [2.24, 2.45) is 0 Å². The lowest BCUT2D eigenvalue weighted by atomic mass is 10.1. The third-order valence-corrected chi connectivity index (χ3v) is 1.97. The zero-order chi connectivity index (χ0) is 11.6. The van der Waals surface area contributed by atoms with Crippen LogP contribution >= 0.6 is 11.6 Å². The first-order chi connectivity index (χ1) is 6.93. The van der Waals surface area contributed by atoms with Gasteiger partial charge < -0.3 is 5.11 Å². The Bertz CT molecular complexity index is 455. The average Bonchev–Trinajstić information content (AvgIpc) is 2.15. The fourth-order valence-electron chi connectivity index (χ4n) is 1.02. The third-order valence-electron chi connectivity index (χ3n) is 1.74. The van der Waals surface area contributed by atoms with E-state index in [-0.39, 0.29) is 21.8 Å². The van der Waals surface area contributed by atoms with Gasteiger partial charge in [0.15, 0.2) is 0 Å². The van der Waals surface area contributed by atoms with Gasteiger partial charge in [-0.3, -0.25) is 10.1 Å². The first-order valence-corrected chi connectivity index (χ1v) is 4.18. The SMILES string of the molecule is C=C(C(=O)O)c1cc(Cl)ccc1[N+](=O)[O-]. The van der Waals surface area contributed by atoms with Gasteiger partial charge in [0.2, 0.25) is 0 Å². The molecule has 0 saturated heterocycles. The number of benzene rings is 1. The summed E-state index contributed by atoms with van der Waals surface area (Å²) in [5, 5.41) is 19.5. The van der Waals surface area contributed by atoms with Crippen LogP contribution in [-0.4, -0.2) is 16.0 Å². The van der Waals surface area contributed by atoms with Gasteiger partial charge in [-0.1, -0.05) is 18.2 Å². The predicted octanol–water partition coefficient (Wildman–Crippen LogP) is 2.35. The van der Waals surface area contributed by atoms with Crippen LogP contribution < -0.4 is 0 Å². The van der Waals surface area contributed by atoms with Gasteiger partial charge in [0.1, 0.15) is 0 Å². The number of nitro benzene ring substituents is 1. The molecule has 0 aliphatic carbocycles. The highest BCUT2D eigenvalue weighted by atomic mass is 35.5. The molecule has 0 aliphatic rings. The molecule has 0 atom stereocenters. The molecule has 0 bridgehead atoms. The van der Waals surface area contributed by atoms with Crippen molar-refractivity contribution in [2.45, 2.75) is 0 Å². The fourth-order valence-corrected chi connectivity index (χ4v) is 1.20. The monoisotopic (exact) mass is 227 g/mol. The smallest absolute Gasteiger partial charge is 0.335 e. The van der Waals surface area contributed by atoms with Gasteiger partial charge >= 0.3 is 5.97 Å². The predicted molar refractivity (Wildman–Crippen MR) is 54.8 cm³/mol. The Kier molecular flexibility index (Phi) is 3.06. The number of carboxylic acid groups (broad SMARTS) is 1. The summed E-state index contributed by atoms with van der Waals surface area (Å²) in [7, 11) is 0. The highest BCUT2D eigenvalue weighted by molar-refractivity contribution is 6.31. The van der Waals surface area contributed by atoms with Crippen molar-refractivity contribution in [3.05, 3.63) is 45.5 Å². The Morgan fingerprint density at radius 3 is 2.60 bits per heavy atom. The van der Waals surface area contributed by atoms with Gasteiger partial charge in [0, 0.05) is 11.1 Å². The highest BCUT2D eigenvalue weighted by Gasteiger charge is 2.19. The third kappa shape index (κ3) is 2.32. The second-order valence-electron chi connectivity index (χ2n) is 2.70. The maximum Gasteiger partial charge on any atom is 0.335 e. The van der Waals surface area contributed by atoms with E-state index >= 15 is 0 Å². The van der Waals surface area contributed by atoms with Crippen LogP contribution in [0, 0.1) is 10.1 Å². The summed E-state index contributed by atoms with van der Waals surface area (Å²) in [6, 6.07) is 3.67. The number of carboxylic acids is 1. The van der Waals surface area contributed by atoms with E-state index in [1.807, 2.05) is 0 Å². The standard InChI is InChI=1S/C9H6ClNO4/c1-5(9(12)13)7-4-6(10)2-3-8(7)11(14)15/h2-4H,1H2,(H,12,13). The minimum absolute atomic E-state index is 0.0833. The molecular weight excluding hydrogens is 222 g/mol. The van der Waals surface area contributed by atoms with E-state index in [9.17, 15) is 14.9 Å². The molecule has 1 rings (SSSR count). The van der Waals surface area contributed by atoms with Crippen LogP contribution in [0.15, 0.2) is 24.8 Å². The van der Waals surface area contributed by atoms with Gasteiger partial charge in [-0.25, -0.2) is 4.79 Å². The van der Waals surface area contributed by atoms with Crippen molar-refractivity contribution >= 4 is 28.8 Å². The molecule has 5 nitrogen and oxygen atoms in total. The summed E-state index contributed by atoms with van der Waals surface area (Å²) in [5.74, 6) is -1.32. The lowest BCUT2D eigenvalue weighted by Crippen LogP contribution is -2.01. The summed E-state index contributed by atoms with van der Waals surface area (Å²) >= 11 is 5.61. The van der Waals surface area contributed by atoms with Crippen LogP contribution in [0.1, 0.15) is 5.56 Å². The summed E-state index contributed by atoms with van der Waals surface area (Å²) in [5.41, 5.74) is -0.768. The maximum absolute atomic E-state index is 10.6. The second kappa shape index (κ2) is 4.10. The van der Waals surface area contributed by atoms with E-state index in [0.717, 1.165) is 6.07 Å². The molecule has 0 aliphatic heterocycles. The molecule has 15 heavy (non-hydrogen) atoms. The molecule has 1 N–H and O–H groups in total. The summed E-state index contributed by atoms with van der Waals surface area (Å²) in [6.45, 7) is 3.25. The highest BCUT2D eigenvalue weighted by Crippen LogP contribution is 2.28. The van der Waals surface area contributed by atoms with Gasteiger partial charge in [0.05, 0.1) is 16.1 Å². The summed E-state index contributed by atoms with van der Waals surface area (Å²) in [6.07, 6.45) is 0. The molecule has 0 amide bonds. The van der Waals surface area contributed by atoms with E-state index in [4.69, 9.17) is 16.7 Å². The van der Waals surface area contributed by atoms with E-state index in [1.165, 1.54) is 12.1 Å². The average molecular weight is 228 g/mol. The molecule has 0 unspecified atom stereocenters. The first-order valence-electron chi connectivity index (χ1n) is 3.80. The van der Waals surface area contributed by atoms with Crippen LogP contribution in [0.3, 0.4) is 0 Å². The lowest BCUT2D eigenvalue weighted by molar-refractivity contribution is -0.385. The number of carbonyl (C=O) groups is 1. The molecule has 1 aromatic carbocycles. The number of rotatable bonds is 3. The zero-order valence-corrected chi connectivity index (χ0v) is 8.19. The van der Waals surface area contributed by atoms with Crippen molar-refractivity contribution < 1.29 is 14.8 Å². The first kappa shape index (κ1) is 11.2. The van der Waals surface area contributed by atoms with Gasteiger partial charge in [-0.15, -0.1) is 0 Å². The van der Waals surface area contributed by atoms with Crippen LogP contribution in [0.2, 0.25) is 5.02 Å². The summed E-state index contributed by atoms with van der Waals surface area (Å²) < 4.78 is 0. The van der Waals surface area contributed by atoms with Crippen molar-refractivity contribution in [1.82, 2.24) is 0 Å². The van der Waals surface area contributed by atoms with E-state index < -0.39 is 10.9 Å². The number of halogens is 1. The number of aliphatic carboxylic acids is 1. The molecule has 0 radical (unpaired) electrons. The Hall–Kier alpha value is -1.88. The largest absolute Gasteiger partial charge is 0.478 e. The van der Waals surface area contributed by atoms with E-state index in [2.05, 4.69) is 6.58 Å². The fraction of sp³-hybridized carbons (Fsp3) is 0. The Morgan fingerprint density at radius 1 is 1.53 bits per heavy atom. The van der Waals surface area contributed by atoms with Crippen LogP contribution in [-0.2, 0) is 4.79 Å². The Labute approximate surface area is 89.7 Å². The zero-order valence-electron chi connectivity index (χ0n) is 7.44. The van der Waals surface area contributed by atoms with Crippen molar-refractivity contribution in [2.75, 3.05) is 0 Å². The number of nitrogens with zero attached hydrogens (tertiary/aromatic N) is 1. The lowest BCUT2D eigenvalue weighted by Gasteiger charge is -2.02. The van der Waals surface area contributed by atoms with Crippen LogP contribution in [0.25, 0.3) is 5.57 Å². The number of hydrogen-bond acceptors (Lipinski definition) is 3. The Morgan fingerprint density at radius 2 is 2.13 bits per heavy atom. The quantitative estimate of drug-likeness (QED) is 0.488. The second-order valence-corrected chi connectivity index (χ2v) is 3.14. The molecule has 0 heterocycles. The molecule has 1 aromatic rings. The topological polar surface area (TPSA) is 80.4 Å². The molecule has 6 heteroatoms. The number of hydrogen-bond donors (Lipinski definition) is 1. The van der Waals surface area contributed by atoms with Gasteiger partial charge in [0.25, 0.3) is 5.69 Å². The van der Waals surface area contributed by atoms with E-state index in [0.29, 0.717) is 0 Å². The van der Waals surface area contributed by atoms with Crippen LogP contribution in [0.4, 0.5) is 5.69 Å². The molecule has 0 fully saturated rings. The normalized spacial score (nSPS) is 9.67. The molecular formula is C9H6ClNO4. The van der Waals surface area contributed by atoms with Crippen molar-refractivity contribution in [3.63, 3.8) is 0 Å². The van der Waals surface area contributed by atoms with Gasteiger partial charge in [-0.2, -0.15) is 0 Å². The number of nitro groups is 1. The molecule has 78 valence electrons. The Balaban J connectivity index is 3.37. The minimum Gasteiger partial charge on any atom is -0.478 e. The molecule has 0 aromatic heterocycles. The van der Waals surface area contributed by atoms with Crippen molar-refractivity contribution in [1.29, 1.82) is 0 Å². The minimum atomic E-state index is -1.32. The van der Waals surface area contributed by atoms with Crippen LogP contribution in [0.5, 0.6) is 0 Å².